The number of likely N-dealkylation sites (tertiary alicyclic amines) is 1. The number of nitrogens with zero attached hydrogens (tertiary/aromatic N) is 6. The van der Waals surface area contributed by atoms with Crippen LogP contribution in [0.15, 0.2) is 42.9 Å². The molecule has 3 aromatic heterocycles. The Morgan fingerprint density at radius 3 is 3.19 bits per heavy atom. The lowest BCUT2D eigenvalue weighted by molar-refractivity contribution is -0.131. The summed E-state index contributed by atoms with van der Waals surface area (Å²) in [5.41, 5.74) is 1.81. The minimum Gasteiger partial charge on any atom is -0.365 e. The Morgan fingerprint density at radius 2 is 2.30 bits per heavy atom. The topological polar surface area (TPSA) is 99.2 Å². The van der Waals surface area contributed by atoms with Crippen molar-refractivity contribution in [3.8, 4) is 17.5 Å². The molecule has 4 rings (SSSR count). The summed E-state index contributed by atoms with van der Waals surface area (Å²) in [6.45, 7) is 1.28. The van der Waals surface area contributed by atoms with Gasteiger partial charge in [-0.15, -0.1) is 0 Å². The molecule has 0 saturated carbocycles. The Labute approximate surface area is 156 Å². The number of hydrogen-bond acceptors (Lipinski definition) is 6. The Balaban J connectivity index is 1.51. The van der Waals surface area contributed by atoms with Gasteiger partial charge < -0.3 is 10.2 Å². The molecule has 8 heteroatoms. The maximum absolute atomic E-state index is 12.0. The van der Waals surface area contributed by atoms with Crippen LogP contribution in [0.5, 0.6) is 0 Å². The van der Waals surface area contributed by atoms with Gasteiger partial charge in [0.2, 0.25) is 5.91 Å². The highest BCUT2D eigenvalue weighted by Gasteiger charge is 2.23. The maximum atomic E-state index is 12.0. The van der Waals surface area contributed by atoms with Gasteiger partial charge in [0.25, 0.3) is 0 Å². The van der Waals surface area contributed by atoms with Crippen molar-refractivity contribution in [1.82, 2.24) is 24.5 Å². The van der Waals surface area contributed by atoms with E-state index in [0.717, 1.165) is 29.7 Å². The molecule has 1 atom stereocenters. The highest BCUT2D eigenvalue weighted by Crippen LogP contribution is 2.22. The van der Waals surface area contributed by atoms with Crippen molar-refractivity contribution in [2.24, 2.45) is 0 Å². The number of nitrogens with one attached hydrogen (secondary N) is 1. The fourth-order valence-electron chi connectivity index (χ4n) is 3.39. The fourth-order valence-corrected chi connectivity index (χ4v) is 3.39. The summed E-state index contributed by atoms with van der Waals surface area (Å²) >= 11 is 0. The van der Waals surface area contributed by atoms with Crippen molar-refractivity contribution < 1.29 is 4.79 Å². The molecule has 0 radical (unpaired) electrons. The van der Waals surface area contributed by atoms with Gasteiger partial charge in [0.1, 0.15) is 12.2 Å². The first kappa shape index (κ1) is 17.0. The minimum absolute atomic E-state index is 0.0703. The van der Waals surface area contributed by atoms with Crippen LogP contribution in [0, 0.1) is 11.3 Å². The van der Waals surface area contributed by atoms with Crippen LogP contribution in [-0.4, -0.2) is 49.5 Å². The van der Waals surface area contributed by atoms with Crippen LogP contribution in [0.3, 0.4) is 0 Å². The molecule has 27 heavy (non-hydrogen) atoms. The second-order valence-corrected chi connectivity index (χ2v) is 6.51. The molecular weight excluding hydrogens is 342 g/mol. The number of nitriles is 1. The maximum Gasteiger partial charge on any atom is 0.236 e. The predicted molar refractivity (Wildman–Crippen MR) is 99.7 cm³/mol. The van der Waals surface area contributed by atoms with Gasteiger partial charge in [-0.1, -0.05) is 6.07 Å². The van der Waals surface area contributed by atoms with Crippen molar-refractivity contribution in [3.05, 3.63) is 42.9 Å². The highest BCUT2D eigenvalue weighted by molar-refractivity contribution is 5.78. The third kappa shape index (κ3) is 3.58. The first-order chi connectivity index (χ1) is 13.2. The summed E-state index contributed by atoms with van der Waals surface area (Å²) in [5.74, 6) is 1.21. The van der Waals surface area contributed by atoms with Crippen molar-refractivity contribution in [3.63, 3.8) is 0 Å². The van der Waals surface area contributed by atoms with E-state index in [1.807, 2.05) is 36.5 Å². The zero-order valence-corrected chi connectivity index (χ0v) is 14.7. The molecular formula is C19H19N7O. The second-order valence-electron chi connectivity index (χ2n) is 6.51. The van der Waals surface area contributed by atoms with Gasteiger partial charge in [-0.3, -0.25) is 4.79 Å². The Bertz CT molecular complexity index is 1010. The molecule has 1 aliphatic heterocycles. The van der Waals surface area contributed by atoms with E-state index in [1.54, 1.807) is 21.8 Å². The molecule has 0 spiro atoms. The Hall–Kier alpha value is -3.47. The van der Waals surface area contributed by atoms with Gasteiger partial charge in [0.05, 0.1) is 23.3 Å². The molecule has 1 fully saturated rings. The fraction of sp³-hybridized carbons (Fsp3) is 0.316. The summed E-state index contributed by atoms with van der Waals surface area (Å²) < 4.78 is 1.79. The number of carbonyl (C=O) groups excluding carboxylic acids is 1. The van der Waals surface area contributed by atoms with Crippen molar-refractivity contribution in [1.29, 1.82) is 5.26 Å². The average molecular weight is 361 g/mol. The van der Waals surface area contributed by atoms with Crippen LogP contribution < -0.4 is 5.32 Å². The average Bonchev–Trinajstić information content (AvgIpc) is 3.13. The quantitative estimate of drug-likeness (QED) is 0.764. The van der Waals surface area contributed by atoms with Crippen LogP contribution in [0.1, 0.15) is 19.3 Å². The number of aromatic nitrogens is 4. The standard InChI is InChI=1S/C19H19N7O/c20-8-6-18(27)25-10-3-4-14(13-25)23-17-7-9-21-19(24-17)15-12-22-26-11-2-1-5-16(15)26/h1-2,5,7,9,11-12,14H,3-4,6,10,13H2,(H,21,23,24)/t14-/m1/s1. The lowest BCUT2D eigenvalue weighted by atomic mass is 10.1. The molecule has 1 amide bonds. The van der Waals surface area contributed by atoms with Crippen LogP contribution in [0.2, 0.25) is 0 Å². The zero-order chi connectivity index (χ0) is 18.6. The molecule has 0 unspecified atom stereocenters. The minimum atomic E-state index is -0.112. The molecule has 1 N–H and O–H groups in total. The number of pyridine rings is 1. The van der Waals surface area contributed by atoms with E-state index in [0.29, 0.717) is 18.9 Å². The summed E-state index contributed by atoms with van der Waals surface area (Å²) in [6.07, 6.45) is 7.15. The van der Waals surface area contributed by atoms with Crippen LogP contribution in [0.4, 0.5) is 5.82 Å². The highest BCUT2D eigenvalue weighted by atomic mass is 16.2. The summed E-state index contributed by atoms with van der Waals surface area (Å²) in [6, 6.07) is 9.71. The van der Waals surface area contributed by atoms with E-state index in [1.165, 1.54) is 0 Å². The van der Waals surface area contributed by atoms with E-state index >= 15 is 0 Å². The summed E-state index contributed by atoms with van der Waals surface area (Å²) in [5, 5.41) is 16.5. The summed E-state index contributed by atoms with van der Waals surface area (Å²) in [7, 11) is 0. The van der Waals surface area contributed by atoms with Gasteiger partial charge in [-0.05, 0) is 31.0 Å². The number of amides is 1. The smallest absolute Gasteiger partial charge is 0.236 e. The number of carbonyl (C=O) groups is 1. The first-order valence-electron chi connectivity index (χ1n) is 8.91. The van der Waals surface area contributed by atoms with E-state index in [9.17, 15) is 4.79 Å². The van der Waals surface area contributed by atoms with Crippen LogP contribution in [0.25, 0.3) is 16.9 Å². The number of anilines is 1. The second kappa shape index (κ2) is 7.41. The van der Waals surface area contributed by atoms with Crippen molar-refractivity contribution >= 4 is 17.2 Å². The van der Waals surface area contributed by atoms with Crippen LogP contribution >= 0.6 is 0 Å². The Kier molecular flexibility index (Phi) is 4.66. The largest absolute Gasteiger partial charge is 0.365 e. The molecule has 136 valence electrons. The number of rotatable bonds is 4. The molecule has 3 aromatic rings. The number of piperidine rings is 1. The van der Waals surface area contributed by atoms with Gasteiger partial charge >= 0.3 is 0 Å². The predicted octanol–water partition coefficient (Wildman–Crippen LogP) is 2.11. The molecule has 0 aliphatic carbocycles. The molecule has 1 aliphatic rings. The van der Waals surface area contributed by atoms with E-state index in [2.05, 4.69) is 20.4 Å². The first-order valence-corrected chi connectivity index (χ1v) is 8.91. The molecule has 0 aromatic carbocycles. The Morgan fingerprint density at radius 1 is 1.37 bits per heavy atom. The SMILES string of the molecule is N#CCC(=O)N1CCC[C@@H](Nc2ccnc(-c3cnn4ccccc34)n2)C1. The van der Waals surface area contributed by atoms with E-state index < -0.39 is 0 Å². The molecule has 8 nitrogen and oxygen atoms in total. The third-order valence-electron chi connectivity index (χ3n) is 4.68. The lowest BCUT2D eigenvalue weighted by Crippen LogP contribution is -2.45. The lowest BCUT2D eigenvalue weighted by Gasteiger charge is -2.33. The monoisotopic (exact) mass is 361 g/mol. The van der Waals surface area contributed by atoms with E-state index in [4.69, 9.17) is 5.26 Å². The van der Waals surface area contributed by atoms with Gasteiger partial charge in [-0.25, -0.2) is 14.5 Å². The number of fused-ring (bicyclic) bond motifs is 1. The van der Waals surface area contributed by atoms with Gasteiger partial charge in [-0.2, -0.15) is 10.4 Å². The zero-order valence-electron chi connectivity index (χ0n) is 14.7. The molecule has 4 heterocycles. The normalized spacial score (nSPS) is 16.9. The van der Waals surface area contributed by atoms with Gasteiger partial charge in [0.15, 0.2) is 5.82 Å². The van der Waals surface area contributed by atoms with Crippen molar-refractivity contribution in [2.75, 3.05) is 18.4 Å². The van der Waals surface area contributed by atoms with Gasteiger partial charge in [0, 0.05) is 31.5 Å². The number of hydrogen-bond donors (Lipinski definition) is 1. The molecule has 1 saturated heterocycles. The van der Waals surface area contributed by atoms with E-state index in [-0.39, 0.29) is 18.4 Å². The summed E-state index contributed by atoms with van der Waals surface area (Å²) in [4.78, 5) is 22.7. The third-order valence-corrected chi connectivity index (χ3v) is 4.68. The van der Waals surface area contributed by atoms with Crippen molar-refractivity contribution in [2.45, 2.75) is 25.3 Å². The molecule has 0 bridgehead atoms. The van der Waals surface area contributed by atoms with Crippen LogP contribution in [-0.2, 0) is 4.79 Å².